The van der Waals surface area contributed by atoms with Gasteiger partial charge in [0.05, 0.1) is 0 Å². The summed E-state index contributed by atoms with van der Waals surface area (Å²) < 4.78 is 5.33. The van der Waals surface area contributed by atoms with Crippen LogP contribution in [0.1, 0.15) is 135 Å². The second-order valence-corrected chi connectivity index (χ2v) is 9.82. The zero-order valence-corrected chi connectivity index (χ0v) is 23.2. The maximum atomic E-state index is 11.7. The number of unbranched alkanes of at least 4 members (excludes halogenated alkanes) is 1. The molecule has 3 nitrogen and oxygen atoms in total. The molecule has 0 radical (unpaired) electrons. The van der Waals surface area contributed by atoms with Gasteiger partial charge in [-0.1, -0.05) is 94.4 Å². The zero-order chi connectivity index (χ0) is 24.3. The fraction of sp³-hybridized carbons (Fsp3) is 0.963. The summed E-state index contributed by atoms with van der Waals surface area (Å²) in [5, 5.41) is 0. The van der Waals surface area contributed by atoms with E-state index in [1.807, 2.05) is 39.5 Å². The molecule has 4 unspecified atom stereocenters. The van der Waals surface area contributed by atoms with Crippen LogP contribution in [0.4, 0.5) is 4.79 Å². The average molecular weight is 430 g/mol. The smallest absolute Gasteiger partial charge is 0.410 e. The number of rotatable bonds is 6. The summed E-state index contributed by atoms with van der Waals surface area (Å²) in [6.07, 6.45) is 9.06. The standard InChI is InChI=1S/C11H21NO2.C10H22.C4H10.C2H6/c1-8-6-7-12(9(8)2)10(13)14-11(3,4)5;1-5-7-10(4)8-9(3)6-2;1-3-4-2;1-2/h8-9H,6-7H2,1-5H3;9-10H,5-8H2,1-4H3;3-4H2,1-2H3;1-2H3. The molecule has 1 aliphatic rings. The minimum absolute atomic E-state index is 0.172. The van der Waals surface area contributed by atoms with Gasteiger partial charge in [-0.15, -0.1) is 0 Å². The molecule has 0 saturated carbocycles. The number of hydrogen-bond acceptors (Lipinski definition) is 2. The molecule has 1 amide bonds. The molecular weight excluding hydrogens is 370 g/mol. The number of nitrogens with zero attached hydrogens (tertiary/aromatic N) is 1. The minimum Gasteiger partial charge on any atom is -0.444 e. The van der Waals surface area contributed by atoms with Gasteiger partial charge < -0.3 is 9.64 Å². The van der Waals surface area contributed by atoms with E-state index in [0.717, 1.165) is 24.8 Å². The van der Waals surface area contributed by atoms with Crippen molar-refractivity contribution in [3.63, 3.8) is 0 Å². The minimum atomic E-state index is -0.386. The third-order valence-electron chi connectivity index (χ3n) is 5.55. The molecule has 30 heavy (non-hydrogen) atoms. The van der Waals surface area contributed by atoms with Crippen molar-refractivity contribution in [3.05, 3.63) is 0 Å². The average Bonchev–Trinajstić information content (AvgIpc) is 3.01. The molecular formula is C27H59NO2. The number of carbonyl (C=O) groups excluding carboxylic acids is 1. The summed E-state index contributed by atoms with van der Waals surface area (Å²) in [7, 11) is 0. The predicted octanol–water partition coefficient (Wildman–Crippen LogP) is 9.34. The van der Waals surface area contributed by atoms with E-state index in [-0.39, 0.29) is 11.7 Å². The van der Waals surface area contributed by atoms with Crippen LogP contribution in [-0.4, -0.2) is 29.2 Å². The van der Waals surface area contributed by atoms with E-state index in [1.54, 1.807) is 0 Å². The summed E-state index contributed by atoms with van der Waals surface area (Å²) in [6, 6.07) is 0.310. The van der Waals surface area contributed by atoms with Crippen molar-refractivity contribution < 1.29 is 9.53 Å². The van der Waals surface area contributed by atoms with Crippen LogP contribution in [-0.2, 0) is 4.74 Å². The largest absolute Gasteiger partial charge is 0.444 e. The van der Waals surface area contributed by atoms with Crippen LogP contribution in [0.25, 0.3) is 0 Å². The van der Waals surface area contributed by atoms with Gasteiger partial charge >= 0.3 is 6.09 Å². The lowest BCUT2D eigenvalue weighted by Gasteiger charge is -2.27. The van der Waals surface area contributed by atoms with Gasteiger partial charge in [0.15, 0.2) is 0 Å². The molecule has 1 fully saturated rings. The number of likely N-dealkylation sites (tertiary alicyclic amines) is 1. The molecule has 1 saturated heterocycles. The lowest BCUT2D eigenvalue weighted by atomic mass is 9.92. The monoisotopic (exact) mass is 429 g/mol. The van der Waals surface area contributed by atoms with Gasteiger partial charge in [-0.3, -0.25) is 0 Å². The fourth-order valence-corrected chi connectivity index (χ4v) is 3.14. The Morgan fingerprint density at radius 2 is 1.47 bits per heavy atom. The highest BCUT2D eigenvalue weighted by atomic mass is 16.6. The second-order valence-electron chi connectivity index (χ2n) is 9.82. The van der Waals surface area contributed by atoms with Crippen LogP contribution in [0.3, 0.4) is 0 Å². The van der Waals surface area contributed by atoms with E-state index in [1.165, 1.54) is 38.5 Å². The zero-order valence-electron chi connectivity index (χ0n) is 23.2. The topological polar surface area (TPSA) is 29.5 Å². The van der Waals surface area contributed by atoms with Crippen LogP contribution in [0.15, 0.2) is 0 Å². The van der Waals surface area contributed by atoms with Gasteiger partial charge in [-0.05, 0) is 58.3 Å². The Morgan fingerprint density at radius 3 is 1.77 bits per heavy atom. The Hall–Kier alpha value is -0.730. The molecule has 1 aliphatic heterocycles. The molecule has 1 rings (SSSR count). The normalized spacial score (nSPS) is 19.8. The van der Waals surface area contributed by atoms with E-state index in [9.17, 15) is 4.79 Å². The van der Waals surface area contributed by atoms with Crippen molar-refractivity contribution in [3.8, 4) is 0 Å². The SMILES string of the molecule is CC.CC1CCN(C(=O)OC(C)(C)C)C1C.CCCC.CCCC(C)CC(C)CC. The Morgan fingerprint density at radius 1 is 0.967 bits per heavy atom. The molecule has 0 N–H and O–H groups in total. The van der Waals surface area contributed by atoms with E-state index in [0.29, 0.717) is 12.0 Å². The number of hydrogen-bond donors (Lipinski definition) is 0. The first kappa shape index (κ1) is 33.9. The highest BCUT2D eigenvalue weighted by Crippen LogP contribution is 2.25. The molecule has 184 valence electrons. The fourth-order valence-electron chi connectivity index (χ4n) is 3.14. The summed E-state index contributed by atoms with van der Waals surface area (Å²) in [4.78, 5) is 13.5. The summed E-state index contributed by atoms with van der Waals surface area (Å²) >= 11 is 0. The molecule has 0 aromatic carbocycles. The van der Waals surface area contributed by atoms with Crippen molar-refractivity contribution in [1.29, 1.82) is 0 Å². The highest BCUT2D eigenvalue weighted by Gasteiger charge is 2.33. The molecule has 1 heterocycles. The van der Waals surface area contributed by atoms with Gasteiger partial charge in [-0.2, -0.15) is 0 Å². The summed E-state index contributed by atoms with van der Waals surface area (Å²) in [5.74, 6) is 2.46. The van der Waals surface area contributed by atoms with Gasteiger partial charge in [0.25, 0.3) is 0 Å². The quantitative estimate of drug-likeness (QED) is 0.421. The highest BCUT2D eigenvalue weighted by molar-refractivity contribution is 5.68. The number of carbonyl (C=O) groups is 1. The van der Waals surface area contributed by atoms with Crippen LogP contribution >= 0.6 is 0 Å². The summed E-state index contributed by atoms with van der Waals surface area (Å²) in [6.45, 7) is 28.4. The van der Waals surface area contributed by atoms with E-state index in [2.05, 4.69) is 55.4 Å². The Kier molecular flexibility index (Phi) is 22.8. The molecule has 0 bridgehead atoms. The van der Waals surface area contributed by atoms with E-state index >= 15 is 0 Å². The molecule has 4 atom stereocenters. The molecule has 3 heteroatoms. The third-order valence-corrected chi connectivity index (χ3v) is 5.55. The summed E-state index contributed by atoms with van der Waals surface area (Å²) in [5.41, 5.74) is -0.386. The Bertz CT molecular complexity index is 374. The molecule has 0 spiro atoms. The van der Waals surface area contributed by atoms with Crippen molar-refractivity contribution in [2.24, 2.45) is 17.8 Å². The second kappa shape index (κ2) is 20.2. The van der Waals surface area contributed by atoms with Crippen molar-refractivity contribution in [2.45, 2.75) is 147 Å². The van der Waals surface area contributed by atoms with Crippen molar-refractivity contribution >= 4 is 6.09 Å². The first-order chi connectivity index (χ1) is 13.9. The molecule has 0 aromatic heterocycles. The van der Waals surface area contributed by atoms with Gasteiger partial charge in [0, 0.05) is 12.6 Å². The first-order valence-electron chi connectivity index (χ1n) is 12.9. The van der Waals surface area contributed by atoms with E-state index < -0.39 is 0 Å². The predicted molar refractivity (Wildman–Crippen MR) is 136 cm³/mol. The van der Waals surface area contributed by atoms with Crippen molar-refractivity contribution in [1.82, 2.24) is 4.90 Å². The van der Waals surface area contributed by atoms with E-state index in [4.69, 9.17) is 4.74 Å². The lowest BCUT2D eigenvalue weighted by Crippen LogP contribution is -2.39. The Balaban J connectivity index is -0.000000399. The first-order valence-corrected chi connectivity index (χ1v) is 12.9. The van der Waals surface area contributed by atoms with Crippen LogP contribution in [0, 0.1) is 17.8 Å². The van der Waals surface area contributed by atoms with Crippen LogP contribution in [0.5, 0.6) is 0 Å². The van der Waals surface area contributed by atoms with Gasteiger partial charge in [-0.25, -0.2) is 4.79 Å². The van der Waals surface area contributed by atoms with Crippen LogP contribution < -0.4 is 0 Å². The lowest BCUT2D eigenvalue weighted by molar-refractivity contribution is 0.0225. The Labute approximate surface area is 191 Å². The maximum absolute atomic E-state index is 11.7. The molecule has 0 aromatic rings. The van der Waals surface area contributed by atoms with Gasteiger partial charge in [0.1, 0.15) is 5.60 Å². The molecule has 0 aliphatic carbocycles. The van der Waals surface area contributed by atoms with Crippen molar-refractivity contribution in [2.75, 3.05) is 6.54 Å². The third kappa shape index (κ3) is 19.2. The maximum Gasteiger partial charge on any atom is 0.410 e. The van der Waals surface area contributed by atoms with Crippen LogP contribution in [0.2, 0.25) is 0 Å². The number of amides is 1. The number of ether oxygens (including phenoxy) is 1. The van der Waals surface area contributed by atoms with Gasteiger partial charge in [0.2, 0.25) is 0 Å².